The summed E-state index contributed by atoms with van der Waals surface area (Å²) in [5.74, 6) is -0.728. The topological polar surface area (TPSA) is 149 Å². The summed E-state index contributed by atoms with van der Waals surface area (Å²) in [5.41, 5.74) is 1.16. The Morgan fingerprint density at radius 1 is 1.13 bits per heavy atom. The number of nitrogens with zero attached hydrogens (tertiary/aromatic N) is 3. The summed E-state index contributed by atoms with van der Waals surface area (Å²) >= 11 is 0. The lowest BCUT2D eigenvalue weighted by Crippen LogP contribution is -2.28. The van der Waals surface area contributed by atoms with Crippen LogP contribution in [0.1, 0.15) is 31.7 Å². The average molecular weight is 574 g/mol. The van der Waals surface area contributed by atoms with Crippen LogP contribution in [0.3, 0.4) is 0 Å². The molecule has 1 unspecified atom stereocenters. The minimum atomic E-state index is -4.05. The Morgan fingerprint density at radius 3 is 2.49 bits per heavy atom. The zero-order valence-corrected chi connectivity index (χ0v) is 22.9. The Balaban J connectivity index is 1.46. The van der Waals surface area contributed by atoms with E-state index in [1.165, 1.54) is 39.3 Å². The van der Waals surface area contributed by atoms with Gasteiger partial charge in [0.15, 0.2) is 0 Å². The Labute approximate surface area is 225 Å². The predicted octanol–water partition coefficient (Wildman–Crippen LogP) is 3.51. The molecule has 3 heterocycles. The fourth-order valence-electron chi connectivity index (χ4n) is 4.82. The van der Waals surface area contributed by atoms with Crippen LogP contribution < -0.4 is 4.74 Å². The molecule has 39 heavy (non-hydrogen) atoms. The van der Waals surface area contributed by atoms with E-state index in [4.69, 9.17) is 9.15 Å². The van der Waals surface area contributed by atoms with Crippen molar-refractivity contribution in [1.82, 2.24) is 13.9 Å². The Kier molecular flexibility index (Phi) is 6.99. The van der Waals surface area contributed by atoms with Crippen LogP contribution >= 0.6 is 0 Å². The Morgan fingerprint density at radius 2 is 1.85 bits per heavy atom. The summed E-state index contributed by atoms with van der Waals surface area (Å²) in [5, 5.41) is 9.66. The van der Waals surface area contributed by atoms with Gasteiger partial charge in [0, 0.05) is 30.6 Å². The highest BCUT2D eigenvalue weighted by atomic mass is 32.2. The molecule has 0 radical (unpaired) electrons. The van der Waals surface area contributed by atoms with Crippen molar-refractivity contribution in [2.24, 2.45) is 0 Å². The zero-order chi connectivity index (χ0) is 27.9. The van der Waals surface area contributed by atoms with Gasteiger partial charge in [-0.05, 0) is 62.2 Å². The molecule has 11 nitrogen and oxygen atoms in total. The monoisotopic (exact) mass is 573 g/mol. The fourth-order valence-corrected chi connectivity index (χ4v) is 7.42. The number of aliphatic carboxylic acids is 1. The maximum Gasteiger partial charge on any atom is 0.323 e. The first-order valence-corrected chi connectivity index (χ1v) is 15.1. The maximum absolute atomic E-state index is 13.3. The lowest BCUT2D eigenvalue weighted by atomic mass is 9.98. The van der Waals surface area contributed by atoms with Crippen LogP contribution in [0, 0.1) is 0 Å². The Bertz CT molecular complexity index is 1730. The van der Waals surface area contributed by atoms with E-state index in [-0.39, 0.29) is 28.4 Å². The van der Waals surface area contributed by atoms with Crippen molar-refractivity contribution < 1.29 is 35.9 Å². The molecule has 1 N–H and O–H groups in total. The van der Waals surface area contributed by atoms with E-state index in [1.807, 2.05) is 13.8 Å². The third kappa shape index (κ3) is 5.16. The van der Waals surface area contributed by atoms with Crippen LogP contribution in [0.25, 0.3) is 10.9 Å². The molecule has 206 valence electrons. The summed E-state index contributed by atoms with van der Waals surface area (Å²) in [4.78, 5) is 15.4. The molecule has 0 amide bonds. The number of rotatable bonds is 9. The van der Waals surface area contributed by atoms with Crippen LogP contribution in [0.15, 0.2) is 80.6 Å². The first-order chi connectivity index (χ1) is 18.5. The molecule has 5 rings (SSSR count). The molecule has 0 bridgehead atoms. The predicted molar refractivity (Wildman–Crippen MR) is 140 cm³/mol. The summed E-state index contributed by atoms with van der Waals surface area (Å²) in [6.07, 6.45) is 4.54. The lowest BCUT2D eigenvalue weighted by Gasteiger charge is -2.17. The number of fused-ring (bicyclic) bond motifs is 1. The highest BCUT2D eigenvalue weighted by Gasteiger charge is 2.35. The summed E-state index contributed by atoms with van der Waals surface area (Å²) in [6, 6.07) is 10.7. The van der Waals surface area contributed by atoms with Crippen LogP contribution in [0.4, 0.5) is 0 Å². The average Bonchev–Trinajstić information content (AvgIpc) is 3.64. The van der Waals surface area contributed by atoms with Crippen LogP contribution in [0.5, 0.6) is 5.75 Å². The first-order valence-electron chi connectivity index (χ1n) is 12.2. The summed E-state index contributed by atoms with van der Waals surface area (Å²) in [7, 11) is -7.81. The van der Waals surface area contributed by atoms with Gasteiger partial charge in [0.1, 0.15) is 18.6 Å². The molecule has 4 aromatic rings. The SMILES string of the molecule is CC(C)Oc1ccc(S(=O)(=O)N2CCC(c3cn(CC(=O)O)c4cc(S(=O)(=O)c5ncco5)ccc34)C2)cc1. The first kappa shape index (κ1) is 26.9. The minimum absolute atomic E-state index is 0.0342. The largest absolute Gasteiger partial charge is 0.491 e. The van der Waals surface area contributed by atoms with Gasteiger partial charge in [0.2, 0.25) is 10.0 Å². The van der Waals surface area contributed by atoms with Gasteiger partial charge in [0.25, 0.3) is 9.84 Å². The molecule has 0 aliphatic carbocycles. The highest BCUT2D eigenvalue weighted by Crippen LogP contribution is 2.37. The molecule has 1 atom stereocenters. The summed E-state index contributed by atoms with van der Waals surface area (Å²) in [6.45, 7) is 3.88. The van der Waals surface area contributed by atoms with Gasteiger partial charge in [-0.1, -0.05) is 6.07 Å². The highest BCUT2D eigenvalue weighted by molar-refractivity contribution is 7.91. The van der Waals surface area contributed by atoms with Crippen LogP contribution in [0.2, 0.25) is 0 Å². The third-order valence-electron chi connectivity index (χ3n) is 6.56. The second-order valence-corrected chi connectivity index (χ2v) is 13.3. The fraction of sp³-hybridized carbons (Fsp3) is 0.308. The van der Waals surface area contributed by atoms with E-state index in [2.05, 4.69) is 4.98 Å². The smallest absolute Gasteiger partial charge is 0.323 e. The maximum atomic E-state index is 13.3. The molecule has 1 aliphatic rings. The minimum Gasteiger partial charge on any atom is -0.491 e. The number of hydrogen-bond donors (Lipinski definition) is 1. The van der Waals surface area contributed by atoms with E-state index in [0.29, 0.717) is 29.6 Å². The van der Waals surface area contributed by atoms with Gasteiger partial charge >= 0.3 is 11.2 Å². The van der Waals surface area contributed by atoms with Gasteiger partial charge < -0.3 is 18.8 Å². The van der Waals surface area contributed by atoms with Crippen molar-refractivity contribution in [3.8, 4) is 5.75 Å². The lowest BCUT2D eigenvalue weighted by molar-refractivity contribution is -0.137. The van der Waals surface area contributed by atoms with Crippen molar-refractivity contribution >= 4 is 36.7 Å². The second-order valence-electron chi connectivity index (χ2n) is 9.57. The molecular formula is C26H27N3O8S2. The molecule has 0 spiro atoms. The second kappa shape index (κ2) is 10.1. The van der Waals surface area contributed by atoms with Crippen molar-refractivity contribution in [3.05, 3.63) is 66.7 Å². The molecular weight excluding hydrogens is 546 g/mol. The van der Waals surface area contributed by atoms with E-state index in [1.54, 1.807) is 24.4 Å². The number of hydrogen-bond acceptors (Lipinski definition) is 8. The van der Waals surface area contributed by atoms with E-state index < -0.39 is 37.6 Å². The van der Waals surface area contributed by atoms with Gasteiger partial charge in [-0.2, -0.15) is 4.31 Å². The van der Waals surface area contributed by atoms with E-state index >= 15 is 0 Å². The number of aromatic nitrogens is 2. The number of sulfonamides is 1. The number of sulfone groups is 1. The molecule has 2 aromatic heterocycles. The molecule has 0 saturated carbocycles. The van der Waals surface area contributed by atoms with Crippen LogP contribution in [-0.4, -0.2) is 61.0 Å². The van der Waals surface area contributed by atoms with Gasteiger partial charge in [-0.3, -0.25) is 4.79 Å². The van der Waals surface area contributed by atoms with Crippen LogP contribution in [-0.2, 0) is 31.2 Å². The molecule has 1 fully saturated rings. The third-order valence-corrected chi connectivity index (χ3v) is 9.98. The molecule has 1 saturated heterocycles. The number of carboxylic acid groups (broad SMARTS) is 1. The summed E-state index contributed by atoms with van der Waals surface area (Å²) < 4.78 is 66.0. The molecule has 13 heteroatoms. The quantitative estimate of drug-likeness (QED) is 0.317. The van der Waals surface area contributed by atoms with Crippen molar-refractivity contribution in [2.45, 2.75) is 53.8 Å². The van der Waals surface area contributed by atoms with Gasteiger partial charge in [-0.25, -0.2) is 21.8 Å². The number of carboxylic acids is 1. The van der Waals surface area contributed by atoms with Crippen molar-refractivity contribution in [3.63, 3.8) is 0 Å². The number of oxazole rings is 1. The molecule has 1 aliphatic heterocycles. The van der Waals surface area contributed by atoms with E-state index in [0.717, 1.165) is 11.8 Å². The normalized spacial score (nSPS) is 16.7. The van der Waals surface area contributed by atoms with Gasteiger partial charge in [0.05, 0.1) is 27.6 Å². The standard InChI is InChI=1S/C26H27N3O8S2/c1-17(2)37-19-3-5-20(6-4-19)39(34,35)29-11-9-18(14-29)23-15-28(16-25(30)31)24-13-21(7-8-22(23)24)38(32,33)26-27-10-12-36-26/h3-8,10,12-13,15,17-18H,9,11,14,16H2,1-2H3,(H,30,31). The Hall–Kier alpha value is -3.68. The van der Waals surface area contributed by atoms with Gasteiger partial charge in [-0.15, -0.1) is 0 Å². The van der Waals surface area contributed by atoms with Crippen molar-refractivity contribution in [2.75, 3.05) is 13.1 Å². The van der Waals surface area contributed by atoms with Crippen molar-refractivity contribution in [1.29, 1.82) is 0 Å². The number of benzene rings is 2. The molecule has 2 aromatic carbocycles. The number of carbonyl (C=O) groups is 1. The van der Waals surface area contributed by atoms with E-state index in [9.17, 15) is 26.7 Å². The number of ether oxygens (including phenoxy) is 1. The zero-order valence-electron chi connectivity index (χ0n) is 21.2.